The SMILES string of the molecule is O=C1CCCN1C(=O)c1ccc(Br)c(F)c1. The summed E-state index contributed by atoms with van der Waals surface area (Å²) >= 11 is 3.01. The summed E-state index contributed by atoms with van der Waals surface area (Å²) in [5, 5.41) is 0. The third-order valence-electron chi connectivity index (χ3n) is 2.49. The first-order valence-corrected chi connectivity index (χ1v) is 5.68. The Hall–Kier alpha value is -1.23. The minimum absolute atomic E-state index is 0.187. The van der Waals surface area contributed by atoms with E-state index in [1.165, 1.54) is 17.0 Å². The van der Waals surface area contributed by atoms with Crippen LogP contribution in [-0.2, 0) is 4.79 Å². The Bertz CT molecular complexity index is 461. The summed E-state index contributed by atoms with van der Waals surface area (Å²) in [4.78, 5) is 24.4. The van der Waals surface area contributed by atoms with Crippen molar-refractivity contribution < 1.29 is 14.0 Å². The maximum absolute atomic E-state index is 13.2. The van der Waals surface area contributed by atoms with E-state index < -0.39 is 11.7 Å². The standard InChI is InChI=1S/C11H9BrFNO2/c12-8-4-3-7(6-9(8)13)11(16)14-5-1-2-10(14)15/h3-4,6H,1-2,5H2. The molecular formula is C11H9BrFNO2. The van der Waals surface area contributed by atoms with Crippen LogP contribution >= 0.6 is 15.9 Å². The van der Waals surface area contributed by atoms with Crippen molar-refractivity contribution in [3.05, 3.63) is 34.1 Å². The van der Waals surface area contributed by atoms with Gasteiger partial charge in [-0.3, -0.25) is 14.5 Å². The summed E-state index contributed by atoms with van der Waals surface area (Å²) in [5.74, 6) is -1.11. The van der Waals surface area contributed by atoms with Gasteiger partial charge in [-0.05, 0) is 40.5 Å². The topological polar surface area (TPSA) is 37.4 Å². The Morgan fingerprint density at radius 2 is 2.19 bits per heavy atom. The molecule has 0 aliphatic carbocycles. The fraction of sp³-hybridized carbons (Fsp3) is 0.273. The zero-order valence-electron chi connectivity index (χ0n) is 8.37. The van der Waals surface area contributed by atoms with Gasteiger partial charge in [-0.15, -0.1) is 0 Å². The van der Waals surface area contributed by atoms with E-state index in [1.54, 1.807) is 0 Å². The Morgan fingerprint density at radius 3 is 2.75 bits per heavy atom. The summed E-state index contributed by atoms with van der Waals surface area (Å²) in [5.41, 5.74) is 0.205. The highest BCUT2D eigenvalue weighted by Gasteiger charge is 2.27. The van der Waals surface area contributed by atoms with E-state index in [0.29, 0.717) is 23.9 Å². The van der Waals surface area contributed by atoms with Crippen LogP contribution in [0.4, 0.5) is 4.39 Å². The Labute approximate surface area is 100 Å². The van der Waals surface area contributed by atoms with Gasteiger partial charge in [-0.2, -0.15) is 0 Å². The van der Waals surface area contributed by atoms with Gasteiger partial charge in [0, 0.05) is 18.5 Å². The molecule has 1 saturated heterocycles. The zero-order valence-corrected chi connectivity index (χ0v) is 9.96. The molecule has 2 rings (SSSR count). The Morgan fingerprint density at radius 1 is 1.44 bits per heavy atom. The molecule has 0 N–H and O–H groups in total. The number of carbonyl (C=O) groups is 2. The minimum atomic E-state index is -0.502. The van der Waals surface area contributed by atoms with Crippen molar-refractivity contribution in [2.24, 2.45) is 0 Å². The maximum Gasteiger partial charge on any atom is 0.260 e. The molecule has 1 aromatic carbocycles. The van der Waals surface area contributed by atoms with Crippen LogP contribution in [0.15, 0.2) is 22.7 Å². The first-order valence-electron chi connectivity index (χ1n) is 4.89. The normalized spacial score (nSPS) is 15.6. The van der Waals surface area contributed by atoms with Crippen LogP contribution < -0.4 is 0 Å². The number of amides is 2. The second-order valence-electron chi connectivity index (χ2n) is 3.58. The first kappa shape index (κ1) is 11.3. The minimum Gasteiger partial charge on any atom is -0.279 e. The largest absolute Gasteiger partial charge is 0.279 e. The third kappa shape index (κ3) is 2.00. The van der Waals surface area contributed by atoms with Gasteiger partial charge in [0.1, 0.15) is 5.82 Å². The fourth-order valence-electron chi connectivity index (χ4n) is 1.65. The molecule has 1 aromatic rings. The van der Waals surface area contributed by atoms with E-state index in [0.717, 1.165) is 6.07 Å². The van der Waals surface area contributed by atoms with Crippen LogP contribution in [0, 0.1) is 5.82 Å². The van der Waals surface area contributed by atoms with E-state index >= 15 is 0 Å². The lowest BCUT2D eigenvalue weighted by Crippen LogP contribution is -2.31. The van der Waals surface area contributed by atoms with Crippen molar-refractivity contribution in [3.8, 4) is 0 Å². The average molecular weight is 286 g/mol. The second kappa shape index (κ2) is 4.33. The molecule has 1 fully saturated rings. The summed E-state index contributed by atoms with van der Waals surface area (Å²) in [6.45, 7) is 0.426. The zero-order chi connectivity index (χ0) is 11.7. The van der Waals surface area contributed by atoms with Crippen molar-refractivity contribution in [1.82, 2.24) is 4.90 Å². The van der Waals surface area contributed by atoms with Crippen LogP contribution in [0.1, 0.15) is 23.2 Å². The summed E-state index contributed by atoms with van der Waals surface area (Å²) in [6.07, 6.45) is 1.08. The Balaban J connectivity index is 2.27. The molecule has 3 nitrogen and oxygen atoms in total. The molecule has 1 heterocycles. The molecule has 1 aliphatic rings. The van der Waals surface area contributed by atoms with Crippen molar-refractivity contribution in [3.63, 3.8) is 0 Å². The van der Waals surface area contributed by atoms with Gasteiger partial charge in [0.15, 0.2) is 0 Å². The van der Waals surface area contributed by atoms with E-state index in [9.17, 15) is 14.0 Å². The van der Waals surface area contributed by atoms with Gasteiger partial charge in [0.2, 0.25) is 5.91 Å². The molecule has 1 aliphatic heterocycles. The number of halogens is 2. The molecule has 2 amide bonds. The Kier molecular flexibility index (Phi) is 3.05. The van der Waals surface area contributed by atoms with Crippen LogP contribution in [0.25, 0.3) is 0 Å². The number of benzene rings is 1. The lowest BCUT2D eigenvalue weighted by Gasteiger charge is -2.13. The van der Waals surface area contributed by atoms with Crippen LogP contribution in [0.3, 0.4) is 0 Å². The predicted octanol–water partition coefficient (Wildman–Crippen LogP) is 2.35. The maximum atomic E-state index is 13.2. The highest BCUT2D eigenvalue weighted by molar-refractivity contribution is 9.10. The molecular weight excluding hydrogens is 277 g/mol. The van der Waals surface area contributed by atoms with Crippen LogP contribution in [-0.4, -0.2) is 23.3 Å². The van der Waals surface area contributed by atoms with Crippen molar-refractivity contribution in [1.29, 1.82) is 0 Å². The van der Waals surface area contributed by atoms with Crippen molar-refractivity contribution >= 4 is 27.7 Å². The van der Waals surface area contributed by atoms with Crippen LogP contribution in [0.2, 0.25) is 0 Å². The van der Waals surface area contributed by atoms with Gasteiger partial charge >= 0.3 is 0 Å². The molecule has 5 heteroatoms. The number of carbonyl (C=O) groups excluding carboxylic acids is 2. The molecule has 16 heavy (non-hydrogen) atoms. The molecule has 0 aromatic heterocycles. The molecule has 0 radical (unpaired) electrons. The molecule has 0 bridgehead atoms. The van der Waals surface area contributed by atoms with Gasteiger partial charge < -0.3 is 0 Å². The number of hydrogen-bond donors (Lipinski definition) is 0. The average Bonchev–Trinajstić information content (AvgIpc) is 2.67. The monoisotopic (exact) mass is 285 g/mol. The lowest BCUT2D eigenvalue weighted by molar-refractivity contribution is -0.125. The number of nitrogens with zero attached hydrogens (tertiary/aromatic N) is 1. The van der Waals surface area contributed by atoms with Gasteiger partial charge in [-0.1, -0.05) is 0 Å². The predicted molar refractivity (Wildman–Crippen MR) is 59.4 cm³/mol. The summed E-state index contributed by atoms with van der Waals surface area (Å²) in [6, 6.07) is 4.10. The van der Waals surface area contributed by atoms with Gasteiger partial charge in [-0.25, -0.2) is 4.39 Å². The van der Waals surface area contributed by atoms with E-state index in [2.05, 4.69) is 15.9 Å². The van der Waals surface area contributed by atoms with E-state index in [-0.39, 0.29) is 11.5 Å². The lowest BCUT2D eigenvalue weighted by atomic mass is 10.2. The number of hydrogen-bond acceptors (Lipinski definition) is 2. The molecule has 0 atom stereocenters. The molecule has 0 unspecified atom stereocenters. The fourth-order valence-corrected chi connectivity index (χ4v) is 1.89. The molecule has 0 spiro atoms. The third-order valence-corrected chi connectivity index (χ3v) is 3.13. The first-order chi connectivity index (χ1) is 7.59. The smallest absolute Gasteiger partial charge is 0.260 e. The highest BCUT2D eigenvalue weighted by atomic mass is 79.9. The van der Waals surface area contributed by atoms with E-state index in [1.807, 2.05) is 0 Å². The van der Waals surface area contributed by atoms with Gasteiger partial charge in [0.05, 0.1) is 4.47 Å². The van der Waals surface area contributed by atoms with Gasteiger partial charge in [0.25, 0.3) is 5.91 Å². The summed E-state index contributed by atoms with van der Waals surface area (Å²) in [7, 11) is 0. The van der Waals surface area contributed by atoms with E-state index in [4.69, 9.17) is 0 Å². The van der Waals surface area contributed by atoms with Crippen molar-refractivity contribution in [2.75, 3.05) is 6.54 Å². The molecule has 84 valence electrons. The summed E-state index contributed by atoms with van der Waals surface area (Å²) < 4.78 is 13.5. The quantitative estimate of drug-likeness (QED) is 0.743. The van der Waals surface area contributed by atoms with Crippen molar-refractivity contribution in [2.45, 2.75) is 12.8 Å². The molecule has 0 saturated carbocycles. The van der Waals surface area contributed by atoms with Crippen LogP contribution in [0.5, 0.6) is 0 Å². The number of rotatable bonds is 1. The highest BCUT2D eigenvalue weighted by Crippen LogP contribution is 2.19. The number of likely N-dealkylation sites (tertiary alicyclic amines) is 1. The number of imide groups is 1. The second-order valence-corrected chi connectivity index (χ2v) is 4.44.